The molecule has 2 aromatic carbocycles. The Labute approximate surface area is 190 Å². The Morgan fingerprint density at radius 1 is 0.875 bits per heavy atom. The average molecular weight is 431 g/mol. The first-order valence-corrected chi connectivity index (χ1v) is 10.6. The lowest BCUT2D eigenvalue weighted by Gasteiger charge is -2.27. The summed E-state index contributed by atoms with van der Waals surface area (Å²) in [5, 5.41) is 0. The van der Waals surface area contributed by atoms with Gasteiger partial charge >= 0.3 is 11.9 Å². The zero-order valence-electron chi connectivity index (χ0n) is 18.8. The van der Waals surface area contributed by atoms with Gasteiger partial charge in [0.1, 0.15) is 13.2 Å². The number of benzene rings is 2. The van der Waals surface area contributed by atoms with Crippen LogP contribution >= 0.6 is 0 Å². The minimum Gasteiger partial charge on any atom is -0.460 e. The van der Waals surface area contributed by atoms with Gasteiger partial charge in [-0.2, -0.15) is 0 Å². The first-order valence-electron chi connectivity index (χ1n) is 10.6. The predicted octanol–water partition coefficient (Wildman–Crippen LogP) is 6.10. The maximum atomic E-state index is 13.3. The van der Waals surface area contributed by atoms with Crippen LogP contribution in [0, 0.1) is 5.41 Å². The molecule has 0 aliphatic carbocycles. The van der Waals surface area contributed by atoms with E-state index in [4.69, 9.17) is 9.47 Å². The number of allylic oxidation sites excluding steroid dienone is 4. The molecule has 32 heavy (non-hydrogen) atoms. The van der Waals surface area contributed by atoms with Crippen molar-refractivity contribution in [1.29, 1.82) is 0 Å². The molecule has 0 N–H and O–H groups in total. The summed E-state index contributed by atoms with van der Waals surface area (Å²) >= 11 is 0. The Morgan fingerprint density at radius 2 is 1.38 bits per heavy atom. The fourth-order valence-corrected chi connectivity index (χ4v) is 3.02. The van der Waals surface area contributed by atoms with Crippen LogP contribution in [0.15, 0.2) is 103 Å². The Bertz CT molecular complexity index is 921. The molecule has 0 spiro atoms. The minimum absolute atomic E-state index is 0.0743. The van der Waals surface area contributed by atoms with Gasteiger partial charge in [0.05, 0.1) is 0 Å². The minimum atomic E-state index is -1.52. The molecular formula is C28H30O4. The van der Waals surface area contributed by atoms with E-state index in [2.05, 4.69) is 12.3 Å². The normalized spacial score (nSPS) is 10.8. The van der Waals surface area contributed by atoms with Crippen LogP contribution in [-0.4, -0.2) is 11.9 Å². The van der Waals surface area contributed by atoms with Gasteiger partial charge in [-0.3, -0.25) is 9.59 Å². The van der Waals surface area contributed by atoms with Crippen molar-refractivity contribution in [2.24, 2.45) is 5.41 Å². The topological polar surface area (TPSA) is 52.6 Å². The van der Waals surface area contributed by atoms with Gasteiger partial charge in [0.15, 0.2) is 5.41 Å². The molecule has 4 nitrogen and oxygen atoms in total. The van der Waals surface area contributed by atoms with E-state index in [0.29, 0.717) is 0 Å². The molecule has 0 unspecified atom stereocenters. The SMILES string of the molecule is C=C/C=C/CC(CC=C=C(C)C)(C(=O)OCc1ccccc1)C(=O)OCc1ccccc1. The molecule has 0 aliphatic heterocycles. The Hall–Kier alpha value is -3.62. The van der Waals surface area contributed by atoms with E-state index >= 15 is 0 Å². The number of rotatable bonds is 11. The molecule has 0 saturated carbocycles. The summed E-state index contributed by atoms with van der Waals surface area (Å²) < 4.78 is 11.2. The van der Waals surface area contributed by atoms with Crippen LogP contribution < -0.4 is 0 Å². The van der Waals surface area contributed by atoms with E-state index in [1.54, 1.807) is 24.3 Å². The van der Waals surface area contributed by atoms with Gasteiger partial charge in [0.25, 0.3) is 0 Å². The van der Waals surface area contributed by atoms with Gasteiger partial charge in [0.2, 0.25) is 0 Å². The zero-order chi connectivity index (χ0) is 23.2. The average Bonchev–Trinajstić information content (AvgIpc) is 2.81. The van der Waals surface area contributed by atoms with E-state index in [1.165, 1.54) is 0 Å². The number of ether oxygens (including phenoxy) is 2. The highest BCUT2D eigenvalue weighted by molar-refractivity contribution is 6.00. The first-order chi connectivity index (χ1) is 15.5. The maximum Gasteiger partial charge on any atom is 0.324 e. The molecule has 0 bridgehead atoms. The number of carbonyl (C=O) groups is 2. The van der Waals surface area contributed by atoms with Crippen molar-refractivity contribution in [1.82, 2.24) is 0 Å². The second-order valence-corrected chi connectivity index (χ2v) is 7.63. The van der Waals surface area contributed by atoms with Crippen molar-refractivity contribution in [3.8, 4) is 0 Å². The van der Waals surface area contributed by atoms with Gasteiger partial charge in [-0.1, -0.05) is 85.5 Å². The second kappa shape index (κ2) is 12.9. The molecule has 0 saturated heterocycles. The molecular weight excluding hydrogens is 400 g/mol. The quantitative estimate of drug-likeness (QED) is 0.187. The highest BCUT2D eigenvalue weighted by Gasteiger charge is 2.47. The van der Waals surface area contributed by atoms with Crippen molar-refractivity contribution in [2.45, 2.75) is 39.9 Å². The highest BCUT2D eigenvalue weighted by Crippen LogP contribution is 2.33. The summed E-state index contributed by atoms with van der Waals surface area (Å²) in [7, 11) is 0. The Balaban J connectivity index is 2.32. The van der Waals surface area contributed by atoms with E-state index in [9.17, 15) is 9.59 Å². The number of esters is 2. The molecule has 0 radical (unpaired) electrons. The molecule has 0 aliphatic rings. The van der Waals surface area contributed by atoms with Crippen LogP contribution in [0.2, 0.25) is 0 Å². The van der Waals surface area contributed by atoms with Gasteiger partial charge in [0, 0.05) is 0 Å². The molecule has 0 fully saturated rings. The summed E-state index contributed by atoms with van der Waals surface area (Å²) in [6.07, 6.45) is 6.97. The van der Waals surface area contributed by atoms with Gasteiger partial charge < -0.3 is 9.47 Å². The standard InChI is InChI=1S/C28H30O4/c1-4-5-12-19-28(20-13-14-23(2)3,26(29)31-21-24-15-8-6-9-16-24)27(30)32-22-25-17-10-7-11-18-25/h4-13,15-18H,1,19-22H2,2-3H3/b12-5+. The maximum absolute atomic E-state index is 13.3. The highest BCUT2D eigenvalue weighted by atomic mass is 16.6. The monoisotopic (exact) mass is 430 g/mol. The summed E-state index contributed by atoms with van der Waals surface area (Å²) in [6, 6.07) is 18.7. The fourth-order valence-electron chi connectivity index (χ4n) is 3.02. The third-order valence-corrected chi connectivity index (χ3v) is 4.79. The lowest BCUT2D eigenvalue weighted by atomic mass is 9.80. The largest absolute Gasteiger partial charge is 0.460 e. The van der Waals surface area contributed by atoms with E-state index in [0.717, 1.165) is 16.7 Å². The van der Waals surface area contributed by atoms with Gasteiger partial charge in [-0.05, 0) is 49.5 Å². The van der Waals surface area contributed by atoms with E-state index in [-0.39, 0.29) is 26.1 Å². The van der Waals surface area contributed by atoms with Crippen molar-refractivity contribution in [2.75, 3.05) is 0 Å². The van der Waals surface area contributed by atoms with E-state index < -0.39 is 17.4 Å². The zero-order valence-corrected chi connectivity index (χ0v) is 18.8. The molecule has 0 heterocycles. The summed E-state index contributed by atoms with van der Waals surface area (Å²) in [5.41, 5.74) is 4.18. The Morgan fingerprint density at radius 3 is 1.81 bits per heavy atom. The van der Waals surface area contributed by atoms with Crippen LogP contribution in [0.25, 0.3) is 0 Å². The number of hydrogen-bond acceptors (Lipinski definition) is 4. The van der Waals surface area contributed by atoms with Crippen LogP contribution in [-0.2, 0) is 32.3 Å². The van der Waals surface area contributed by atoms with Crippen LogP contribution in [0.1, 0.15) is 37.8 Å². The second-order valence-electron chi connectivity index (χ2n) is 7.63. The first kappa shape index (κ1) is 24.6. The third-order valence-electron chi connectivity index (χ3n) is 4.79. The molecule has 0 aromatic heterocycles. The smallest absolute Gasteiger partial charge is 0.324 e. The number of hydrogen-bond donors (Lipinski definition) is 0. The van der Waals surface area contributed by atoms with E-state index in [1.807, 2.05) is 74.5 Å². The molecule has 166 valence electrons. The summed E-state index contributed by atoms with van der Waals surface area (Å²) in [5.74, 6) is -1.25. The third kappa shape index (κ3) is 7.57. The van der Waals surface area contributed by atoms with Gasteiger partial charge in [-0.15, -0.1) is 5.73 Å². The summed E-state index contributed by atoms with van der Waals surface area (Å²) in [6.45, 7) is 7.61. The van der Waals surface area contributed by atoms with Crippen LogP contribution in [0.3, 0.4) is 0 Å². The molecule has 0 atom stereocenters. The lowest BCUT2D eigenvalue weighted by Crippen LogP contribution is -2.41. The van der Waals surface area contributed by atoms with Crippen molar-refractivity contribution in [3.63, 3.8) is 0 Å². The molecule has 0 amide bonds. The van der Waals surface area contributed by atoms with Crippen LogP contribution in [0.4, 0.5) is 0 Å². The van der Waals surface area contributed by atoms with Crippen molar-refractivity contribution >= 4 is 11.9 Å². The molecule has 4 heteroatoms. The number of carbonyl (C=O) groups excluding carboxylic acids is 2. The van der Waals surface area contributed by atoms with Crippen molar-refractivity contribution < 1.29 is 19.1 Å². The predicted molar refractivity (Wildman–Crippen MR) is 126 cm³/mol. The molecule has 2 rings (SSSR count). The van der Waals surface area contributed by atoms with Crippen LogP contribution in [0.5, 0.6) is 0 Å². The van der Waals surface area contributed by atoms with Crippen molar-refractivity contribution in [3.05, 3.63) is 114 Å². The fraction of sp³-hybridized carbons (Fsp3) is 0.250. The Kier molecular flexibility index (Phi) is 9.96. The lowest BCUT2D eigenvalue weighted by molar-refractivity contribution is -0.174. The summed E-state index contributed by atoms with van der Waals surface area (Å²) in [4.78, 5) is 26.6. The van der Waals surface area contributed by atoms with Gasteiger partial charge in [-0.25, -0.2) is 0 Å². The molecule has 2 aromatic rings.